The van der Waals surface area contributed by atoms with Gasteiger partial charge in [-0.15, -0.1) is 0 Å². The zero-order valence-corrected chi connectivity index (χ0v) is 14.3. The molecule has 1 aliphatic rings. The first kappa shape index (κ1) is 16.6. The number of amides is 1. The lowest BCUT2D eigenvalue weighted by atomic mass is 10.0. The van der Waals surface area contributed by atoms with Crippen LogP contribution in [0.2, 0.25) is 0 Å². The van der Waals surface area contributed by atoms with E-state index in [1.54, 1.807) is 0 Å². The molecule has 1 amide bonds. The number of nitrogens with zero attached hydrogens (tertiary/aromatic N) is 1. The van der Waals surface area contributed by atoms with Gasteiger partial charge in [-0.1, -0.05) is 55.5 Å². The summed E-state index contributed by atoms with van der Waals surface area (Å²) in [6.45, 7) is 4.04. The average molecular weight is 323 g/mol. The highest BCUT2D eigenvalue weighted by Crippen LogP contribution is 2.22. The standard InChI is InChI=1S/C21H25NO2/c1-17-8-7-13-22(15-17)21(23)16-24-20-12-6-5-11-19(20)14-18-9-3-2-4-10-18/h2-6,9-12,17H,7-8,13-16H2,1H3. The lowest BCUT2D eigenvalue weighted by Crippen LogP contribution is -2.41. The van der Waals surface area contributed by atoms with Crippen LogP contribution >= 0.6 is 0 Å². The molecule has 1 heterocycles. The second kappa shape index (κ2) is 8.00. The quantitative estimate of drug-likeness (QED) is 0.835. The van der Waals surface area contributed by atoms with Crippen LogP contribution in [0.5, 0.6) is 5.75 Å². The summed E-state index contributed by atoms with van der Waals surface area (Å²) in [6.07, 6.45) is 3.12. The molecule has 1 saturated heterocycles. The molecule has 24 heavy (non-hydrogen) atoms. The molecule has 3 nitrogen and oxygen atoms in total. The van der Waals surface area contributed by atoms with E-state index in [4.69, 9.17) is 4.74 Å². The first-order valence-electron chi connectivity index (χ1n) is 8.75. The number of para-hydroxylation sites is 1. The number of carbonyl (C=O) groups excluding carboxylic acids is 1. The summed E-state index contributed by atoms with van der Waals surface area (Å²) < 4.78 is 5.87. The normalized spacial score (nSPS) is 17.5. The summed E-state index contributed by atoms with van der Waals surface area (Å²) >= 11 is 0. The average Bonchev–Trinajstić information content (AvgIpc) is 2.61. The molecule has 126 valence electrons. The third kappa shape index (κ3) is 4.38. The van der Waals surface area contributed by atoms with Gasteiger partial charge in [-0.25, -0.2) is 0 Å². The Labute approximate surface area is 144 Å². The van der Waals surface area contributed by atoms with Crippen LogP contribution in [0.3, 0.4) is 0 Å². The van der Waals surface area contributed by atoms with E-state index < -0.39 is 0 Å². The number of ether oxygens (including phenoxy) is 1. The van der Waals surface area contributed by atoms with E-state index in [9.17, 15) is 4.79 Å². The summed E-state index contributed by atoms with van der Waals surface area (Å²) in [5, 5.41) is 0. The second-order valence-corrected chi connectivity index (χ2v) is 6.65. The lowest BCUT2D eigenvalue weighted by Gasteiger charge is -2.30. The maximum atomic E-state index is 12.4. The van der Waals surface area contributed by atoms with Crippen LogP contribution in [-0.2, 0) is 11.2 Å². The van der Waals surface area contributed by atoms with E-state index in [1.165, 1.54) is 12.0 Å². The van der Waals surface area contributed by atoms with E-state index in [-0.39, 0.29) is 12.5 Å². The SMILES string of the molecule is CC1CCCN(C(=O)COc2ccccc2Cc2ccccc2)C1. The molecule has 0 radical (unpaired) electrons. The fourth-order valence-corrected chi connectivity index (χ4v) is 3.25. The van der Waals surface area contributed by atoms with Crippen molar-refractivity contribution >= 4 is 5.91 Å². The van der Waals surface area contributed by atoms with Crippen molar-refractivity contribution in [3.05, 3.63) is 65.7 Å². The van der Waals surface area contributed by atoms with Gasteiger partial charge in [0.1, 0.15) is 5.75 Å². The minimum Gasteiger partial charge on any atom is -0.483 e. The van der Waals surface area contributed by atoms with Crippen molar-refractivity contribution in [2.24, 2.45) is 5.92 Å². The fraction of sp³-hybridized carbons (Fsp3) is 0.381. The number of benzene rings is 2. The molecular formula is C21H25NO2. The number of hydrogen-bond donors (Lipinski definition) is 0. The van der Waals surface area contributed by atoms with Crippen molar-refractivity contribution < 1.29 is 9.53 Å². The van der Waals surface area contributed by atoms with Crippen molar-refractivity contribution in [3.8, 4) is 5.75 Å². The van der Waals surface area contributed by atoms with Gasteiger partial charge in [0.25, 0.3) is 5.91 Å². The number of rotatable bonds is 5. The van der Waals surface area contributed by atoms with Crippen LogP contribution in [-0.4, -0.2) is 30.5 Å². The van der Waals surface area contributed by atoms with Crippen LogP contribution < -0.4 is 4.74 Å². The number of likely N-dealkylation sites (tertiary alicyclic amines) is 1. The summed E-state index contributed by atoms with van der Waals surface area (Å²) in [5.41, 5.74) is 2.35. The molecule has 0 N–H and O–H groups in total. The number of piperidine rings is 1. The largest absolute Gasteiger partial charge is 0.483 e. The van der Waals surface area contributed by atoms with Gasteiger partial charge in [0.15, 0.2) is 6.61 Å². The summed E-state index contributed by atoms with van der Waals surface area (Å²) in [4.78, 5) is 14.3. The van der Waals surface area contributed by atoms with E-state index in [0.717, 1.165) is 37.2 Å². The van der Waals surface area contributed by atoms with Gasteiger partial charge >= 0.3 is 0 Å². The molecule has 3 rings (SSSR count). The third-order valence-corrected chi connectivity index (χ3v) is 4.57. The van der Waals surface area contributed by atoms with E-state index >= 15 is 0 Å². The second-order valence-electron chi connectivity index (χ2n) is 6.65. The molecule has 0 spiro atoms. The Bertz CT molecular complexity index is 669. The van der Waals surface area contributed by atoms with E-state index in [1.807, 2.05) is 41.3 Å². The Balaban J connectivity index is 1.62. The van der Waals surface area contributed by atoms with Crippen molar-refractivity contribution in [1.29, 1.82) is 0 Å². The summed E-state index contributed by atoms with van der Waals surface area (Å²) in [7, 11) is 0. The van der Waals surface area contributed by atoms with Crippen LogP contribution in [0.15, 0.2) is 54.6 Å². The zero-order chi connectivity index (χ0) is 16.8. The maximum absolute atomic E-state index is 12.4. The van der Waals surface area contributed by atoms with Gasteiger partial charge in [-0.3, -0.25) is 4.79 Å². The topological polar surface area (TPSA) is 29.5 Å². The molecule has 3 heteroatoms. The lowest BCUT2D eigenvalue weighted by molar-refractivity contribution is -0.135. The summed E-state index contributed by atoms with van der Waals surface area (Å²) in [5.74, 6) is 1.49. The van der Waals surface area contributed by atoms with Gasteiger partial charge in [0.05, 0.1) is 0 Å². The molecule has 0 aliphatic carbocycles. The Morgan fingerprint density at radius 3 is 2.67 bits per heavy atom. The van der Waals surface area contributed by atoms with E-state index in [0.29, 0.717) is 5.92 Å². The van der Waals surface area contributed by atoms with Crippen LogP contribution in [0.1, 0.15) is 30.9 Å². The highest BCUT2D eigenvalue weighted by atomic mass is 16.5. The zero-order valence-electron chi connectivity index (χ0n) is 14.3. The first-order valence-corrected chi connectivity index (χ1v) is 8.75. The van der Waals surface area contributed by atoms with Gasteiger partial charge in [-0.05, 0) is 36.0 Å². The van der Waals surface area contributed by atoms with Gasteiger partial charge in [0.2, 0.25) is 0 Å². The first-order chi connectivity index (χ1) is 11.7. The molecule has 1 aliphatic heterocycles. The summed E-state index contributed by atoms with van der Waals surface area (Å²) in [6, 6.07) is 18.3. The smallest absolute Gasteiger partial charge is 0.260 e. The van der Waals surface area contributed by atoms with Crippen LogP contribution in [0.25, 0.3) is 0 Å². The number of hydrogen-bond acceptors (Lipinski definition) is 2. The van der Waals surface area contributed by atoms with Gasteiger partial charge < -0.3 is 9.64 Å². The molecular weight excluding hydrogens is 298 g/mol. The van der Waals surface area contributed by atoms with Crippen molar-refractivity contribution in [2.45, 2.75) is 26.2 Å². The van der Waals surface area contributed by atoms with Gasteiger partial charge in [-0.2, -0.15) is 0 Å². The molecule has 2 aromatic rings. The van der Waals surface area contributed by atoms with Crippen molar-refractivity contribution in [1.82, 2.24) is 4.90 Å². The van der Waals surface area contributed by atoms with Crippen molar-refractivity contribution in [2.75, 3.05) is 19.7 Å². The third-order valence-electron chi connectivity index (χ3n) is 4.57. The Morgan fingerprint density at radius 1 is 1.12 bits per heavy atom. The van der Waals surface area contributed by atoms with Crippen LogP contribution in [0.4, 0.5) is 0 Å². The molecule has 0 bridgehead atoms. The Morgan fingerprint density at radius 2 is 1.88 bits per heavy atom. The van der Waals surface area contributed by atoms with Crippen LogP contribution in [0, 0.1) is 5.92 Å². The molecule has 1 atom stereocenters. The molecule has 0 aromatic heterocycles. The molecule has 0 saturated carbocycles. The highest BCUT2D eigenvalue weighted by molar-refractivity contribution is 5.77. The Kier molecular flexibility index (Phi) is 5.52. The predicted octanol–water partition coefficient (Wildman–Crippen LogP) is 3.91. The minimum atomic E-state index is 0.0936. The fourth-order valence-electron chi connectivity index (χ4n) is 3.25. The minimum absolute atomic E-state index is 0.0936. The maximum Gasteiger partial charge on any atom is 0.260 e. The van der Waals surface area contributed by atoms with Gasteiger partial charge in [0, 0.05) is 19.5 Å². The van der Waals surface area contributed by atoms with Crippen molar-refractivity contribution in [3.63, 3.8) is 0 Å². The van der Waals surface area contributed by atoms with E-state index in [2.05, 4.69) is 25.1 Å². The molecule has 2 aromatic carbocycles. The highest BCUT2D eigenvalue weighted by Gasteiger charge is 2.21. The Hall–Kier alpha value is -2.29. The number of carbonyl (C=O) groups is 1. The monoisotopic (exact) mass is 323 g/mol. The molecule has 1 fully saturated rings. The predicted molar refractivity (Wildman–Crippen MR) is 96.2 cm³/mol. The molecule has 1 unspecified atom stereocenters.